The topological polar surface area (TPSA) is 86.8 Å². The van der Waals surface area contributed by atoms with Gasteiger partial charge in [0.25, 0.3) is 0 Å². The van der Waals surface area contributed by atoms with Gasteiger partial charge in [0.1, 0.15) is 18.2 Å². The summed E-state index contributed by atoms with van der Waals surface area (Å²) in [5.74, 6) is 2.37. The normalized spacial score (nSPS) is 15.9. The van der Waals surface area contributed by atoms with Crippen LogP contribution in [0.5, 0.6) is 0 Å². The first kappa shape index (κ1) is 20.9. The zero-order valence-corrected chi connectivity index (χ0v) is 19.8. The first-order valence-electron chi connectivity index (χ1n) is 10.1. The van der Waals surface area contributed by atoms with Crippen molar-refractivity contribution in [2.45, 2.75) is 58.7 Å². The van der Waals surface area contributed by atoms with E-state index in [1.807, 2.05) is 23.9 Å². The fourth-order valence-electron chi connectivity index (χ4n) is 3.59. The molecule has 11 heteroatoms. The third-order valence-corrected chi connectivity index (χ3v) is 7.04. The lowest BCUT2D eigenvalue weighted by Gasteiger charge is -2.36. The van der Waals surface area contributed by atoms with Gasteiger partial charge in [0.2, 0.25) is 5.28 Å². The van der Waals surface area contributed by atoms with E-state index >= 15 is 0 Å². The fraction of sp³-hybridized carbons (Fsp3) is 0.526. The molecule has 0 bridgehead atoms. The molecule has 160 valence electrons. The van der Waals surface area contributed by atoms with Crippen molar-refractivity contribution in [3.63, 3.8) is 0 Å². The molecule has 9 nitrogen and oxygen atoms in total. The van der Waals surface area contributed by atoms with E-state index in [4.69, 9.17) is 16.3 Å². The second-order valence-corrected chi connectivity index (χ2v) is 14.6. The molecule has 0 saturated carbocycles. The zero-order valence-electron chi connectivity index (χ0n) is 18.0. The maximum absolute atomic E-state index is 6.16. The molecule has 1 aliphatic heterocycles. The number of hydrogen-bond donors (Lipinski definition) is 0. The number of rotatable bonds is 7. The van der Waals surface area contributed by atoms with Gasteiger partial charge in [0, 0.05) is 14.7 Å². The zero-order chi connectivity index (χ0) is 21.5. The van der Waals surface area contributed by atoms with Gasteiger partial charge in [-0.25, -0.2) is 9.67 Å². The molecule has 4 heterocycles. The number of anilines is 2. The third-order valence-electron chi connectivity index (χ3n) is 5.15. The number of aryl methyl sites for hydroxylation is 1. The summed E-state index contributed by atoms with van der Waals surface area (Å²) in [4.78, 5) is 10.8. The first-order valence-corrected chi connectivity index (χ1v) is 14.2. The van der Waals surface area contributed by atoms with Crippen molar-refractivity contribution in [1.82, 2.24) is 34.5 Å². The van der Waals surface area contributed by atoms with Gasteiger partial charge < -0.3 is 9.64 Å². The van der Waals surface area contributed by atoms with Crippen molar-refractivity contribution in [1.29, 1.82) is 0 Å². The van der Waals surface area contributed by atoms with Crippen molar-refractivity contribution in [2.75, 3.05) is 11.5 Å². The van der Waals surface area contributed by atoms with Gasteiger partial charge >= 0.3 is 0 Å². The molecule has 1 unspecified atom stereocenters. The van der Waals surface area contributed by atoms with Crippen LogP contribution in [0.2, 0.25) is 31.0 Å². The van der Waals surface area contributed by atoms with Crippen LogP contribution in [0.1, 0.15) is 31.0 Å². The van der Waals surface area contributed by atoms with E-state index in [-0.39, 0.29) is 11.3 Å². The molecule has 0 amide bonds. The highest BCUT2D eigenvalue weighted by Gasteiger charge is 2.36. The molecule has 4 rings (SSSR count). The molecule has 0 spiro atoms. The average Bonchev–Trinajstić information content (AvgIpc) is 3.30. The van der Waals surface area contributed by atoms with Crippen molar-refractivity contribution in [3.8, 4) is 5.69 Å². The average molecular weight is 447 g/mol. The molecule has 3 aromatic rings. The van der Waals surface area contributed by atoms with Crippen LogP contribution in [0.4, 0.5) is 11.5 Å². The number of fused-ring (bicyclic) bond motifs is 3. The maximum Gasteiger partial charge on any atom is 0.224 e. The van der Waals surface area contributed by atoms with Crippen LogP contribution in [0, 0.1) is 6.92 Å². The highest BCUT2D eigenvalue weighted by atomic mass is 35.5. The SMILES string of the molecule is CCC1c2nnc(C)n2-c2cnc(Cl)nc2N1c1cnn(COCC[Si](C)(C)C)c1. The Balaban J connectivity index is 1.64. The number of aromatic nitrogens is 7. The summed E-state index contributed by atoms with van der Waals surface area (Å²) in [6, 6.07) is 1.08. The summed E-state index contributed by atoms with van der Waals surface area (Å²) in [5.41, 5.74) is 1.71. The molecule has 0 aromatic carbocycles. The molecule has 0 saturated heterocycles. The van der Waals surface area contributed by atoms with Crippen molar-refractivity contribution < 1.29 is 4.74 Å². The highest BCUT2D eigenvalue weighted by molar-refractivity contribution is 6.76. The van der Waals surface area contributed by atoms with Gasteiger partial charge in [-0.1, -0.05) is 26.6 Å². The molecule has 0 N–H and O–H groups in total. The van der Waals surface area contributed by atoms with Gasteiger partial charge in [-0.05, 0) is 31.0 Å². The number of ether oxygens (including phenoxy) is 1. The Kier molecular flexibility index (Phi) is 5.65. The van der Waals surface area contributed by atoms with Gasteiger partial charge in [-0.15, -0.1) is 10.2 Å². The summed E-state index contributed by atoms with van der Waals surface area (Å²) in [5, 5.41) is 13.4. The summed E-state index contributed by atoms with van der Waals surface area (Å²) >= 11 is 6.16. The smallest absolute Gasteiger partial charge is 0.224 e. The minimum Gasteiger partial charge on any atom is -0.360 e. The van der Waals surface area contributed by atoms with Crippen molar-refractivity contribution >= 4 is 31.2 Å². The lowest BCUT2D eigenvalue weighted by Crippen LogP contribution is -2.32. The summed E-state index contributed by atoms with van der Waals surface area (Å²) in [6.45, 7) is 12.2. The van der Waals surface area contributed by atoms with Gasteiger partial charge in [-0.3, -0.25) is 4.57 Å². The standard InChI is InChI=1S/C19H27ClN8OSi/c1-6-15-18-25-24-13(2)27(18)16-10-21-19(20)23-17(16)28(15)14-9-22-26(11-14)12-29-7-8-30(3,4)5/h9-11,15H,6-8,12H2,1-5H3. The maximum atomic E-state index is 6.16. The molecule has 0 aliphatic carbocycles. The molecule has 3 aromatic heterocycles. The second-order valence-electron chi connectivity index (χ2n) is 8.67. The van der Waals surface area contributed by atoms with Crippen LogP contribution in [0.25, 0.3) is 5.69 Å². The predicted octanol–water partition coefficient (Wildman–Crippen LogP) is 4.13. The van der Waals surface area contributed by atoms with E-state index in [0.29, 0.717) is 6.73 Å². The predicted molar refractivity (Wildman–Crippen MR) is 118 cm³/mol. The Morgan fingerprint density at radius 2 is 2.00 bits per heavy atom. The molecular weight excluding hydrogens is 420 g/mol. The van der Waals surface area contributed by atoms with Gasteiger partial charge in [0.05, 0.1) is 30.3 Å². The van der Waals surface area contributed by atoms with E-state index in [1.165, 1.54) is 0 Å². The van der Waals surface area contributed by atoms with E-state index < -0.39 is 8.07 Å². The Bertz CT molecular complexity index is 1040. The highest BCUT2D eigenvalue weighted by Crippen LogP contribution is 2.43. The Morgan fingerprint density at radius 3 is 2.73 bits per heavy atom. The minimum atomic E-state index is -1.11. The second kappa shape index (κ2) is 8.08. The molecule has 0 radical (unpaired) electrons. The van der Waals surface area contributed by atoms with Crippen LogP contribution in [0.3, 0.4) is 0 Å². The van der Waals surface area contributed by atoms with E-state index in [9.17, 15) is 0 Å². The monoisotopic (exact) mass is 446 g/mol. The lowest BCUT2D eigenvalue weighted by atomic mass is 10.1. The third kappa shape index (κ3) is 3.99. The Hall–Kier alpha value is -2.30. The molecular formula is C19H27ClN8OSi. The number of nitrogens with zero attached hydrogens (tertiary/aromatic N) is 8. The largest absolute Gasteiger partial charge is 0.360 e. The Morgan fingerprint density at radius 1 is 1.20 bits per heavy atom. The van der Waals surface area contributed by atoms with Crippen LogP contribution >= 0.6 is 11.6 Å². The van der Waals surface area contributed by atoms with Crippen LogP contribution in [-0.2, 0) is 11.5 Å². The van der Waals surface area contributed by atoms with Crippen LogP contribution < -0.4 is 4.90 Å². The van der Waals surface area contributed by atoms with Gasteiger partial charge in [-0.2, -0.15) is 10.1 Å². The van der Waals surface area contributed by atoms with E-state index in [2.05, 4.69) is 56.7 Å². The first-order chi connectivity index (χ1) is 14.3. The van der Waals surface area contributed by atoms with E-state index in [0.717, 1.165) is 47.9 Å². The lowest BCUT2D eigenvalue weighted by molar-refractivity contribution is 0.0786. The molecule has 1 atom stereocenters. The molecule has 1 aliphatic rings. The minimum absolute atomic E-state index is 0.0462. The van der Waals surface area contributed by atoms with Crippen LogP contribution in [-0.4, -0.2) is 49.2 Å². The van der Waals surface area contributed by atoms with Crippen molar-refractivity contribution in [2.24, 2.45) is 0 Å². The fourth-order valence-corrected chi connectivity index (χ4v) is 4.47. The number of halogens is 1. The van der Waals surface area contributed by atoms with E-state index in [1.54, 1.807) is 10.9 Å². The quantitative estimate of drug-likeness (QED) is 0.306. The summed E-state index contributed by atoms with van der Waals surface area (Å²) in [7, 11) is -1.11. The number of hydrogen-bond acceptors (Lipinski definition) is 7. The van der Waals surface area contributed by atoms with Gasteiger partial charge in [0.15, 0.2) is 11.6 Å². The van der Waals surface area contributed by atoms with Crippen molar-refractivity contribution in [3.05, 3.63) is 35.5 Å². The van der Waals surface area contributed by atoms with Crippen LogP contribution in [0.15, 0.2) is 18.6 Å². The summed E-state index contributed by atoms with van der Waals surface area (Å²) in [6.07, 6.45) is 6.32. The molecule has 0 fully saturated rings. The Labute approximate surface area is 182 Å². The summed E-state index contributed by atoms with van der Waals surface area (Å²) < 4.78 is 9.65. The molecule has 30 heavy (non-hydrogen) atoms.